The third-order valence-electron chi connectivity index (χ3n) is 3.35. The Morgan fingerprint density at radius 1 is 1.14 bits per heavy atom. The minimum absolute atomic E-state index is 0.0339. The van der Waals surface area contributed by atoms with E-state index >= 15 is 0 Å². The summed E-state index contributed by atoms with van der Waals surface area (Å²) in [5, 5.41) is 12.2. The van der Waals surface area contributed by atoms with Crippen molar-refractivity contribution in [1.29, 1.82) is 0 Å². The number of fused-ring (bicyclic) bond motifs is 1. The summed E-state index contributed by atoms with van der Waals surface area (Å²) in [6, 6.07) is 13.4. The van der Waals surface area contributed by atoms with Crippen LogP contribution in [0, 0.1) is 0 Å². The summed E-state index contributed by atoms with van der Waals surface area (Å²) in [4.78, 5) is 24.0. The fourth-order valence-electron chi connectivity index (χ4n) is 2.27. The van der Waals surface area contributed by atoms with Gasteiger partial charge in [0.25, 0.3) is 5.91 Å². The molecule has 2 N–H and O–H groups in total. The van der Waals surface area contributed by atoms with Gasteiger partial charge in [0.1, 0.15) is 5.75 Å². The third-order valence-corrected chi connectivity index (χ3v) is 3.35. The lowest BCUT2D eigenvalue weighted by atomic mass is 9.98. The zero-order chi connectivity index (χ0) is 14.8. The first-order valence-electron chi connectivity index (χ1n) is 6.53. The van der Waals surface area contributed by atoms with Gasteiger partial charge in [-0.15, -0.1) is 0 Å². The number of esters is 1. The summed E-state index contributed by atoms with van der Waals surface area (Å²) < 4.78 is 5.15. The second-order valence-corrected chi connectivity index (χ2v) is 4.76. The molecular formula is C16H13NO4. The number of phenolic OH excluding ortho intramolecular Hbond substituents is 1. The van der Waals surface area contributed by atoms with Gasteiger partial charge in [0, 0.05) is 6.42 Å². The third kappa shape index (κ3) is 2.58. The molecule has 2 aromatic rings. The van der Waals surface area contributed by atoms with Gasteiger partial charge in [-0.2, -0.15) is 0 Å². The highest BCUT2D eigenvalue weighted by molar-refractivity contribution is 6.00. The van der Waals surface area contributed by atoms with Crippen molar-refractivity contribution < 1.29 is 19.4 Å². The van der Waals surface area contributed by atoms with Crippen LogP contribution in [0.3, 0.4) is 0 Å². The summed E-state index contributed by atoms with van der Waals surface area (Å²) in [6.45, 7) is 0. The Morgan fingerprint density at radius 2 is 1.86 bits per heavy atom. The average Bonchev–Trinajstić information content (AvgIpc) is 2.49. The average molecular weight is 283 g/mol. The molecule has 5 heteroatoms. The maximum absolute atomic E-state index is 12.2. The largest absolute Gasteiger partial charge is 0.506 e. The Morgan fingerprint density at radius 3 is 2.67 bits per heavy atom. The van der Waals surface area contributed by atoms with Crippen molar-refractivity contribution in [3.8, 4) is 5.75 Å². The normalized spacial score (nSPS) is 16.8. The molecule has 106 valence electrons. The number of aromatic hydroxyl groups is 1. The van der Waals surface area contributed by atoms with Gasteiger partial charge in [-0.05, 0) is 23.8 Å². The standard InChI is InChI=1S/C16H13NO4/c18-13-8-4-3-7-12(13)17-15(19)14-9-10-5-1-2-6-11(10)16(20)21-14/h1-8,14,18H,9H2,(H,17,19)/t14-/m0/s1. The quantitative estimate of drug-likeness (QED) is 0.654. The van der Waals surface area contributed by atoms with E-state index in [9.17, 15) is 14.7 Å². The van der Waals surface area contributed by atoms with Gasteiger partial charge < -0.3 is 15.2 Å². The second-order valence-electron chi connectivity index (χ2n) is 4.76. The second kappa shape index (κ2) is 5.28. The van der Waals surface area contributed by atoms with Gasteiger partial charge in [-0.3, -0.25) is 4.79 Å². The molecule has 0 aromatic heterocycles. The number of phenols is 1. The highest BCUT2D eigenvalue weighted by atomic mass is 16.5. The fraction of sp³-hybridized carbons (Fsp3) is 0.125. The first-order chi connectivity index (χ1) is 10.1. The molecule has 1 heterocycles. The molecule has 3 rings (SSSR count). The van der Waals surface area contributed by atoms with Gasteiger partial charge in [-0.25, -0.2) is 4.79 Å². The van der Waals surface area contributed by atoms with Gasteiger partial charge in [0.05, 0.1) is 11.3 Å². The number of ether oxygens (including phenoxy) is 1. The van der Waals surface area contributed by atoms with Crippen molar-refractivity contribution in [2.45, 2.75) is 12.5 Å². The van der Waals surface area contributed by atoms with E-state index in [-0.39, 0.29) is 11.4 Å². The van der Waals surface area contributed by atoms with Gasteiger partial charge in [0.15, 0.2) is 6.10 Å². The van der Waals surface area contributed by atoms with Crippen molar-refractivity contribution in [3.63, 3.8) is 0 Å². The molecule has 1 atom stereocenters. The van der Waals surface area contributed by atoms with Gasteiger partial charge in [0.2, 0.25) is 0 Å². The lowest BCUT2D eigenvalue weighted by molar-refractivity contribution is -0.125. The van der Waals surface area contributed by atoms with Gasteiger partial charge in [-0.1, -0.05) is 30.3 Å². The Hall–Kier alpha value is -2.82. The van der Waals surface area contributed by atoms with Gasteiger partial charge >= 0.3 is 5.97 Å². The summed E-state index contributed by atoms with van der Waals surface area (Å²) in [5.74, 6) is -0.998. The zero-order valence-electron chi connectivity index (χ0n) is 11.1. The lowest BCUT2D eigenvalue weighted by Gasteiger charge is -2.23. The smallest absolute Gasteiger partial charge is 0.339 e. The molecule has 1 amide bonds. The molecule has 0 bridgehead atoms. The van der Waals surface area contributed by atoms with Crippen LogP contribution >= 0.6 is 0 Å². The number of carbonyl (C=O) groups is 2. The molecule has 0 saturated carbocycles. The minimum Gasteiger partial charge on any atom is -0.506 e. The number of nitrogens with one attached hydrogen (secondary N) is 1. The molecule has 0 aliphatic carbocycles. The van der Waals surface area contributed by atoms with Crippen LogP contribution in [-0.2, 0) is 16.0 Å². The number of hydrogen-bond acceptors (Lipinski definition) is 4. The summed E-state index contributed by atoms with van der Waals surface area (Å²) in [5.41, 5.74) is 1.56. The van der Waals surface area contributed by atoms with Crippen molar-refractivity contribution in [2.75, 3.05) is 5.32 Å². The number of amides is 1. The molecule has 5 nitrogen and oxygen atoms in total. The zero-order valence-corrected chi connectivity index (χ0v) is 11.1. The lowest BCUT2D eigenvalue weighted by Crippen LogP contribution is -2.37. The van der Waals surface area contributed by atoms with Crippen LogP contribution in [0.25, 0.3) is 0 Å². The van der Waals surface area contributed by atoms with Crippen molar-refractivity contribution in [2.24, 2.45) is 0 Å². The van der Waals surface area contributed by atoms with Crippen molar-refractivity contribution in [3.05, 3.63) is 59.7 Å². The molecule has 1 aliphatic rings. The van der Waals surface area contributed by atoms with Crippen LogP contribution in [0.15, 0.2) is 48.5 Å². The Bertz CT molecular complexity index is 711. The number of benzene rings is 2. The first kappa shape index (κ1) is 13.2. The fourth-order valence-corrected chi connectivity index (χ4v) is 2.27. The van der Waals surface area contributed by atoms with Crippen LogP contribution in [0.5, 0.6) is 5.75 Å². The van der Waals surface area contributed by atoms with E-state index in [1.165, 1.54) is 6.07 Å². The van der Waals surface area contributed by atoms with Crippen LogP contribution in [0.4, 0.5) is 5.69 Å². The van der Waals surface area contributed by atoms with Crippen LogP contribution < -0.4 is 5.32 Å². The van der Waals surface area contributed by atoms with Crippen molar-refractivity contribution in [1.82, 2.24) is 0 Å². The van der Waals surface area contributed by atoms with E-state index in [0.29, 0.717) is 12.0 Å². The SMILES string of the molecule is O=C1O[C@H](C(=O)Nc2ccccc2O)Cc2ccccc21. The van der Waals surface area contributed by atoms with E-state index in [1.807, 2.05) is 6.07 Å². The van der Waals surface area contributed by atoms with Crippen LogP contribution in [0.1, 0.15) is 15.9 Å². The van der Waals surface area contributed by atoms with Crippen LogP contribution in [0.2, 0.25) is 0 Å². The number of carbonyl (C=O) groups excluding carboxylic acids is 2. The topological polar surface area (TPSA) is 75.6 Å². The molecule has 0 radical (unpaired) electrons. The molecule has 1 aliphatic heterocycles. The van der Waals surface area contributed by atoms with E-state index < -0.39 is 18.0 Å². The molecular weight excluding hydrogens is 270 g/mol. The summed E-state index contributed by atoms with van der Waals surface area (Å²) >= 11 is 0. The monoisotopic (exact) mass is 283 g/mol. The summed E-state index contributed by atoms with van der Waals surface area (Å²) in [6.07, 6.45) is -0.576. The number of anilines is 1. The number of hydrogen-bond donors (Lipinski definition) is 2. The Kier molecular flexibility index (Phi) is 3.31. The highest BCUT2D eigenvalue weighted by Crippen LogP contribution is 2.24. The maximum atomic E-state index is 12.2. The summed E-state index contributed by atoms with van der Waals surface area (Å²) in [7, 11) is 0. The van der Waals surface area contributed by atoms with E-state index in [0.717, 1.165) is 5.56 Å². The van der Waals surface area contributed by atoms with E-state index in [2.05, 4.69) is 5.32 Å². The highest BCUT2D eigenvalue weighted by Gasteiger charge is 2.31. The molecule has 0 fully saturated rings. The molecule has 0 spiro atoms. The molecule has 21 heavy (non-hydrogen) atoms. The minimum atomic E-state index is -0.896. The van der Waals surface area contributed by atoms with E-state index in [4.69, 9.17) is 4.74 Å². The number of rotatable bonds is 2. The molecule has 0 saturated heterocycles. The molecule has 0 unspecified atom stereocenters. The van der Waals surface area contributed by atoms with Crippen LogP contribution in [-0.4, -0.2) is 23.1 Å². The maximum Gasteiger partial charge on any atom is 0.339 e. The Labute approximate surface area is 121 Å². The number of para-hydroxylation sites is 2. The Balaban J connectivity index is 1.78. The predicted molar refractivity (Wildman–Crippen MR) is 76.1 cm³/mol. The predicted octanol–water partition coefficient (Wildman–Crippen LogP) is 2.11. The van der Waals surface area contributed by atoms with Crippen molar-refractivity contribution >= 4 is 17.6 Å². The molecule has 2 aromatic carbocycles. The first-order valence-corrected chi connectivity index (χ1v) is 6.53. The number of cyclic esters (lactones) is 1. The van der Waals surface area contributed by atoms with E-state index in [1.54, 1.807) is 36.4 Å².